The Labute approximate surface area is 167 Å². The number of carbonyl (C=O) groups is 1. The smallest absolute Gasteiger partial charge is 0.257 e. The van der Waals surface area contributed by atoms with Gasteiger partial charge in [-0.05, 0) is 59.8 Å². The SMILES string of the molecule is O=C(Nc1ccc(N2CCc3sccc3C2)cc1)c1cccc2cccnc12. The van der Waals surface area contributed by atoms with Crippen molar-refractivity contribution < 1.29 is 4.79 Å². The zero-order chi connectivity index (χ0) is 18.9. The van der Waals surface area contributed by atoms with Crippen LogP contribution in [0.3, 0.4) is 0 Å². The van der Waals surface area contributed by atoms with Gasteiger partial charge < -0.3 is 10.2 Å². The average molecular weight is 385 g/mol. The normalized spacial score (nSPS) is 13.4. The van der Waals surface area contributed by atoms with Crippen LogP contribution in [0.5, 0.6) is 0 Å². The number of para-hydroxylation sites is 1. The second-order valence-electron chi connectivity index (χ2n) is 6.92. The van der Waals surface area contributed by atoms with E-state index in [1.165, 1.54) is 16.1 Å². The first kappa shape index (κ1) is 17.0. The summed E-state index contributed by atoms with van der Waals surface area (Å²) < 4.78 is 0. The summed E-state index contributed by atoms with van der Waals surface area (Å²) in [5.41, 5.74) is 4.70. The number of benzene rings is 2. The van der Waals surface area contributed by atoms with Crippen molar-refractivity contribution in [3.63, 3.8) is 0 Å². The Morgan fingerprint density at radius 2 is 1.89 bits per heavy atom. The fourth-order valence-corrected chi connectivity index (χ4v) is 4.60. The van der Waals surface area contributed by atoms with Gasteiger partial charge in [0.1, 0.15) is 0 Å². The Kier molecular flexibility index (Phi) is 4.29. The predicted octanol–water partition coefficient (Wildman–Crippen LogP) is 5.11. The quantitative estimate of drug-likeness (QED) is 0.533. The highest BCUT2D eigenvalue weighted by Crippen LogP contribution is 2.28. The lowest BCUT2D eigenvalue weighted by atomic mass is 10.1. The van der Waals surface area contributed by atoms with Gasteiger partial charge in [-0.1, -0.05) is 18.2 Å². The molecule has 0 unspecified atom stereocenters. The Bertz CT molecular complexity index is 1140. The predicted molar refractivity (Wildman–Crippen MR) is 115 cm³/mol. The summed E-state index contributed by atoms with van der Waals surface area (Å²) in [4.78, 5) is 21.0. The third kappa shape index (κ3) is 3.14. The number of pyridine rings is 1. The molecule has 0 bridgehead atoms. The standard InChI is InChI=1S/C23H19N3OS/c27-23(20-5-1-3-16-4-2-12-24-22(16)20)25-18-6-8-19(9-7-18)26-13-10-21-17(15-26)11-14-28-21/h1-9,11-12,14H,10,13,15H2,(H,25,27). The number of nitrogens with one attached hydrogen (secondary N) is 1. The number of amides is 1. The van der Waals surface area contributed by atoms with Crippen molar-refractivity contribution >= 4 is 39.5 Å². The van der Waals surface area contributed by atoms with Crippen LogP contribution in [0.25, 0.3) is 10.9 Å². The molecular weight excluding hydrogens is 366 g/mol. The minimum absolute atomic E-state index is 0.141. The van der Waals surface area contributed by atoms with E-state index in [2.05, 4.69) is 38.8 Å². The Balaban J connectivity index is 1.33. The molecule has 2 aromatic heterocycles. The molecule has 2 aromatic carbocycles. The van der Waals surface area contributed by atoms with Crippen LogP contribution in [0.2, 0.25) is 0 Å². The minimum atomic E-state index is -0.141. The molecule has 0 aliphatic carbocycles. The Morgan fingerprint density at radius 1 is 1.04 bits per heavy atom. The van der Waals surface area contributed by atoms with E-state index < -0.39 is 0 Å². The zero-order valence-corrected chi connectivity index (χ0v) is 16.1. The van der Waals surface area contributed by atoms with Gasteiger partial charge in [-0.15, -0.1) is 11.3 Å². The van der Waals surface area contributed by atoms with E-state index in [1.54, 1.807) is 6.20 Å². The molecule has 0 saturated heterocycles. The van der Waals surface area contributed by atoms with Crippen molar-refractivity contribution in [2.45, 2.75) is 13.0 Å². The van der Waals surface area contributed by atoms with Crippen molar-refractivity contribution in [3.8, 4) is 0 Å². The molecule has 5 heteroatoms. The van der Waals surface area contributed by atoms with Crippen LogP contribution in [-0.2, 0) is 13.0 Å². The first-order valence-electron chi connectivity index (χ1n) is 9.33. The number of nitrogens with zero attached hydrogens (tertiary/aromatic N) is 2. The van der Waals surface area contributed by atoms with Crippen LogP contribution in [0.15, 0.2) is 72.2 Å². The van der Waals surface area contributed by atoms with Crippen molar-refractivity contribution in [2.75, 3.05) is 16.8 Å². The summed E-state index contributed by atoms with van der Waals surface area (Å²) in [5.74, 6) is -0.141. The van der Waals surface area contributed by atoms with E-state index in [0.717, 1.165) is 36.1 Å². The number of fused-ring (bicyclic) bond motifs is 2. The lowest BCUT2D eigenvalue weighted by molar-refractivity contribution is 0.102. The molecule has 1 amide bonds. The summed E-state index contributed by atoms with van der Waals surface area (Å²) in [5, 5.41) is 6.13. The highest BCUT2D eigenvalue weighted by atomic mass is 32.1. The van der Waals surface area contributed by atoms with Gasteiger partial charge in [0.2, 0.25) is 0 Å². The molecule has 4 nitrogen and oxygen atoms in total. The fourth-order valence-electron chi connectivity index (χ4n) is 3.71. The molecule has 1 aliphatic heterocycles. The highest BCUT2D eigenvalue weighted by Gasteiger charge is 2.17. The van der Waals surface area contributed by atoms with Crippen LogP contribution >= 0.6 is 11.3 Å². The van der Waals surface area contributed by atoms with Gasteiger partial charge in [-0.2, -0.15) is 0 Å². The third-order valence-electron chi connectivity index (χ3n) is 5.18. The van der Waals surface area contributed by atoms with E-state index in [-0.39, 0.29) is 5.91 Å². The van der Waals surface area contributed by atoms with E-state index in [9.17, 15) is 4.79 Å². The van der Waals surface area contributed by atoms with Crippen LogP contribution in [0.4, 0.5) is 11.4 Å². The van der Waals surface area contributed by atoms with Crippen LogP contribution in [0, 0.1) is 0 Å². The van der Waals surface area contributed by atoms with E-state index in [1.807, 2.05) is 53.8 Å². The van der Waals surface area contributed by atoms with Crippen molar-refractivity contribution in [1.29, 1.82) is 0 Å². The largest absolute Gasteiger partial charge is 0.367 e. The van der Waals surface area contributed by atoms with Gasteiger partial charge in [0.25, 0.3) is 5.91 Å². The highest BCUT2D eigenvalue weighted by molar-refractivity contribution is 7.10. The maximum absolute atomic E-state index is 12.8. The Morgan fingerprint density at radius 3 is 2.79 bits per heavy atom. The van der Waals surface area contributed by atoms with Gasteiger partial charge in [-0.25, -0.2) is 0 Å². The monoisotopic (exact) mass is 385 g/mol. The van der Waals surface area contributed by atoms with Gasteiger partial charge >= 0.3 is 0 Å². The first-order chi connectivity index (χ1) is 13.8. The van der Waals surface area contributed by atoms with Crippen molar-refractivity contribution in [1.82, 2.24) is 4.98 Å². The lowest BCUT2D eigenvalue weighted by Gasteiger charge is -2.29. The second kappa shape index (κ2) is 7.09. The first-order valence-corrected chi connectivity index (χ1v) is 10.2. The minimum Gasteiger partial charge on any atom is -0.367 e. The average Bonchev–Trinajstić information content (AvgIpc) is 3.22. The van der Waals surface area contributed by atoms with Gasteiger partial charge in [0.05, 0.1) is 11.1 Å². The molecule has 3 heterocycles. The zero-order valence-electron chi connectivity index (χ0n) is 15.3. The summed E-state index contributed by atoms with van der Waals surface area (Å²) in [6, 6.07) is 19.8. The molecule has 0 radical (unpaired) electrons. The number of hydrogen-bond acceptors (Lipinski definition) is 4. The van der Waals surface area contributed by atoms with Gasteiger partial charge in [0.15, 0.2) is 0 Å². The van der Waals surface area contributed by atoms with Crippen molar-refractivity contribution in [2.24, 2.45) is 0 Å². The molecule has 1 N–H and O–H groups in total. The number of thiophene rings is 1. The number of rotatable bonds is 3. The van der Waals surface area contributed by atoms with Crippen LogP contribution < -0.4 is 10.2 Å². The maximum atomic E-state index is 12.8. The molecule has 138 valence electrons. The van der Waals surface area contributed by atoms with E-state index in [4.69, 9.17) is 0 Å². The van der Waals surface area contributed by atoms with Crippen LogP contribution in [0.1, 0.15) is 20.8 Å². The number of aromatic nitrogens is 1. The molecule has 5 rings (SSSR count). The molecule has 4 aromatic rings. The summed E-state index contributed by atoms with van der Waals surface area (Å²) >= 11 is 1.85. The van der Waals surface area contributed by atoms with Gasteiger partial charge in [-0.3, -0.25) is 9.78 Å². The topological polar surface area (TPSA) is 45.2 Å². The summed E-state index contributed by atoms with van der Waals surface area (Å²) in [6.45, 7) is 1.98. The number of carbonyl (C=O) groups excluding carboxylic acids is 1. The second-order valence-corrected chi connectivity index (χ2v) is 7.92. The van der Waals surface area contributed by atoms with E-state index >= 15 is 0 Å². The van der Waals surface area contributed by atoms with Gasteiger partial charge in [0, 0.05) is 40.9 Å². The Hall–Kier alpha value is -3.18. The van der Waals surface area contributed by atoms with E-state index in [0.29, 0.717) is 5.56 Å². The molecule has 1 aliphatic rings. The molecule has 0 saturated carbocycles. The molecule has 0 atom stereocenters. The number of anilines is 2. The molecular formula is C23H19N3OS. The van der Waals surface area contributed by atoms with Crippen molar-refractivity contribution in [3.05, 3.63) is 88.2 Å². The molecule has 0 spiro atoms. The third-order valence-corrected chi connectivity index (χ3v) is 6.20. The fraction of sp³-hybridized carbons (Fsp3) is 0.130. The lowest BCUT2D eigenvalue weighted by Crippen LogP contribution is -2.29. The molecule has 0 fully saturated rings. The maximum Gasteiger partial charge on any atom is 0.257 e. The number of hydrogen-bond donors (Lipinski definition) is 1. The summed E-state index contributed by atoms with van der Waals surface area (Å²) in [6.07, 6.45) is 2.81. The van der Waals surface area contributed by atoms with Crippen LogP contribution in [-0.4, -0.2) is 17.4 Å². The molecule has 28 heavy (non-hydrogen) atoms. The summed E-state index contributed by atoms with van der Waals surface area (Å²) in [7, 11) is 0.